The maximum absolute atomic E-state index is 15.4. The highest BCUT2D eigenvalue weighted by atomic mass is 19.1. The maximum Gasteiger partial charge on any atom is 0.193 e. The summed E-state index contributed by atoms with van der Waals surface area (Å²) in [5.41, 5.74) is 4.47. The van der Waals surface area contributed by atoms with Crippen molar-refractivity contribution in [1.29, 1.82) is 0 Å². The zero-order valence-corrected chi connectivity index (χ0v) is 15.6. The highest BCUT2D eigenvalue weighted by molar-refractivity contribution is 5.79. The second-order valence-electron chi connectivity index (χ2n) is 6.69. The van der Waals surface area contributed by atoms with Gasteiger partial charge in [0.2, 0.25) is 0 Å². The van der Waals surface area contributed by atoms with Gasteiger partial charge >= 0.3 is 0 Å². The molecule has 29 heavy (non-hydrogen) atoms. The molecular formula is C22H17FN6. The summed E-state index contributed by atoms with van der Waals surface area (Å²) in [6.07, 6.45) is 0.263. The van der Waals surface area contributed by atoms with E-state index in [4.69, 9.17) is 0 Å². The Morgan fingerprint density at radius 2 is 1.83 bits per heavy atom. The van der Waals surface area contributed by atoms with E-state index < -0.39 is 6.17 Å². The van der Waals surface area contributed by atoms with E-state index in [9.17, 15) is 0 Å². The Labute approximate surface area is 166 Å². The molecular weight excluding hydrogens is 367 g/mol. The third-order valence-corrected chi connectivity index (χ3v) is 4.90. The first kappa shape index (κ1) is 17.2. The zero-order valence-electron chi connectivity index (χ0n) is 15.6. The van der Waals surface area contributed by atoms with Crippen molar-refractivity contribution in [2.45, 2.75) is 6.17 Å². The van der Waals surface area contributed by atoms with Crippen LogP contribution in [0, 0.1) is 0 Å². The van der Waals surface area contributed by atoms with Gasteiger partial charge in [-0.3, -0.25) is 4.98 Å². The van der Waals surface area contributed by atoms with Gasteiger partial charge in [0, 0.05) is 29.9 Å². The summed E-state index contributed by atoms with van der Waals surface area (Å²) in [5.74, 6) is 0.150. The van der Waals surface area contributed by atoms with Gasteiger partial charge in [-0.15, -0.1) is 10.2 Å². The van der Waals surface area contributed by atoms with E-state index in [1.165, 1.54) is 4.52 Å². The largest absolute Gasteiger partial charge is 0.388 e. The molecule has 5 rings (SSSR count). The van der Waals surface area contributed by atoms with Gasteiger partial charge in [0.1, 0.15) is 0 Å². The molecule has 142 valence electrons. The lowest BCUT2D eigenvalue weighted by Gasteiger charge is -2.09. The Balaban J connectivity index is 1.56. The monoisotopic (exact) mass is 384 g/mol. The van der Waals surface area contributed by atoms with Crippen LogP contribution in [0.5, 0.6) is 0 Å². The second kappa shape index (κ2) is 6.94. The van der Waals surface area contributed by atoms with Crippen LogP contribution < -0.4 is 5.32 Å². The average Bonchev–Trinajstić information content (AvgIpc) is 3.21. The molecule has 3 heterocycles. The van der Waals surface area contributed by atoms with E-state index in [1.807, 2.05) is 55.6 Å². The molecule has 0 saturated carbocycles. The van der Waals surface area contributed by atoms with E-state index in [2.05, 4.69) is 25.6 Å². The van der Waals surface area contributed by atoms with Crippen molar-refractivity contribution in [1.82, 2.24) is 24.8 Å². The SMILES string of the molecule is CNc1ccc(-c2ccc3nnc(C(F)c4ccc5ncccc5c4)n3n2)cc1. The van der Waals surface area contributed by atoms with Crippen molar-refractivity contribution in [2.75, 3.05) is 12.4 Å². The Morgan fingerprint density at radius 1 is 0.966 bits per heavy atom. The minimum atomic E-state index is -1.45. The highest BCUT2D eigenvalue weighted by Gasteiger charge is 2.21. The number of nitrogens with one attached hydrogen (secondary N) is 1. The lowest BCUT2D eigenvalue weighted by Crippen LogP contribution is -2.05. The number of hydrogen-bond acceptors (Lipinski definition) is 5. The van der Waals surface area contributed by atoms with Gasteiger partial charge in [-0.1, -0.05) is 24.3 Å². The van der Waals surface area contributed by atoms with Crippen molar-refractivity contribution in [3.8, 4) is 11.3 Å². The molecule has 0 saturated heterocycles. The fourth-order valence-corrected chi connectivity index (χ4v) is 3.33. The number of fused-ring (bicyclic) bond motifs is 2. The molecule has 2 aromatic carbocycles. The molecule has 5 aromatic rings. The summed E-state index contributed by atoms with van der Waals surface area (Å²) in [5, 5.41) is 16.7. The number of halogens is 1. The molecule has 1 atom stereocenters. The first-order valence-electron chi connectivity index (χ1n) is 9.22. The summed E-state index contributed by atoms with van der Waals surface area (Å²) < 4.78 is 16.9. The molecule has 1 unspecified atom stereocenters. The van der Waals surface area contributed by atoms with E-state index in [-0.39, 0.29) is 5.82 Å². The van der Waals surface area contributed by atoms with Crippen molar-refractivity contribution in [3.05, 3.63) is 84.3 Å². The number of rotatable bonds is 4. The van der Waals surface area contributed by atoms with Crippen LogP contribution in [-0.2, 0) is 0 Å². The summed E-state index contributed by atoms with van der Waals surface area (Å²) >= 11 is 0. The van der Waals surface area contributed by atoms with Crippen molar-refractivity contribution < 1.29 is 4.39 Å². The first-order chi connectivity index (χ1) is 14.2. The number of alkyl halides is 1. The standard InChI is InChI=1S/C22H17FN6/c1-24-17-7-4-14(5-8-17)19-10-11-20-26-27-22(29(20)28-19)21(23)16-6-9-18-15(13-16)3-2-12-25-18/h2-13,21,24H,1H3. The predicted molar refractivity (Wildman–Crippen MR) is 110 cm³/mol. The molecule has 7 heteroatoms. The Hall–Kier alpha value is -3.87. The highest BCUT2D eigenvalue weighted by Crippen LogP contribution is 2.28. The molecule has 3 aromatic heterocycles. The minimum absolute atomic E-state index is 0.150. The van der Waals surface area contributed by atoms with Gasteiger partial charge in [0.25, 0.3) is 0 Å². The summed E-state index contributed by atoms with van der Waals surface area (Å²) in [7, 11) is 1.87. The van der Waals surface area contributed by atoms with E-state index in [0.29, 0.717) is 11.2 Å². The van der Waals surface area contributed by atoms with E-state index >= 15 is 4.39 Å². The smallest absolute Gasteiger partial charge is 0.193 e. The third-order valence-electron chi connectivity index (χ3n) is 4.90. The summed E-state index contributed by atoms with van der Waals surface area (Å²) in [6, 6.07) is 20.6. The number of benzene rings is 2. The lowest BCUT2D eigenvalue weighted by molar-refractivity contribution is 0.377. The number of aromatic nitrogens is 5. The van der Waals surface area contributed by atoms with Crippen LogP contribution in [0.1, 0.15) is 17.6 Å². The van der Waals surface area contributed by atoms with Gasteiger partial charge in [-0.05, 0) is 48.0 Å². The normalized spacial score (nSPS) is 12.3. The van der Waals surface area contributed by atoms with E-state index in [1.54, 1.807) is 24.4 Å². The molecule has 0 amide bonds. The fourth-order valence-electron chi connectivity index (χ4n) is 3.33. The van der Waals surface area contributed by atoms with Gasteiger partial charge in [-0.25, -0.2) is 4.39 Å². The third kappa shape index (κ3) is 3.06. The molecule has 0 aliphatic heterocycles. The van der Waals surface area contributed by atoms with Gasteiger partial charge in [-0.2, -0.15) is 9.61 Å². The maximum atomic E-state index is 15.4. The van der Waals surface area contributed by atoms with Crippen LogP contribution in [0.15, 0.2) is 72.9 Å². The molecule has 0 spiro atoms. The molecule has 0 bridgehead atoms. The zero-order chi connectivity index (χ0) is 19.8. The number of hydrogen-bond donors (Lipinski definition) is 1. The Morgan fingerprint density at radius 3 is 2.66 bits per heavy atom. The van der Waals surface area contributed by atoms with Crippen molar-refractivity contribution >= 4 is 22.2 Å². The lowest BCUT2D eigenvalue weighted by atomic mass is 10.1. The fraction of sp³-hybridized carbons (Fsp3) is 0.0909. The molecule has 0 aliphatic rings. The van der Waals surface area contributed by atoms with Crippen molar-refractivity contribution in [2.24, 2.45) is 0 Å². The van der Waals surface area contributed by atoms with Gasteiger partial charge < -0.3 is 5.32 Å². The number of pyridine rings is 1. The number of nitrogens with zero attached hydrogens (tertiary/aromatic N) is 5. The minimum Gasteiger partial charge on any atom is -0.388 e. The van der Waals surface area contributed by atoms with Gasteiger partial charge in [0.05, 0.1) is 11.2 Å². The Bertz CT molecular complexity index is 1310. The second-order valence-corrected chi connectivity index (χ2v) is 6.69. The quantitative estimate of drug-likeness (QED) is 0.496. The van der Waals surface area contributed by atoms with Gasteiger partial charge in [0.15, 0.2) is 17.6 Å². The van der Waals surface area contributed by atoms with Crippen LogP contribution in [0.4, 0.5) is 10.1 Å². The van der Waals surface area contributed by atoms with Crippen LogP contribution in [0.3, 0.4) is 0 Å². The molecule has 6 nitrogen and oxygen atoms in total. The Kier molecular flexibility index (Phi) is 4.13. The van der Waals surface area contributed by atoms with Crippen LogP contribution in [-0.4, -0.2) is 31.8 Å². The van der Waals surface area contributed by atoms with Crippen LogP contribution in [0.2, 0.25) is 0 Å². The molecule has 0 fully saturated rings. The molecule has 0 aliphatic carbocycles. The van der Waals surface area contributed by atoms with Crippen LogP contribution >= 0.6 is 0 Å². The average molecular weight is 384 g/mol. The summed E-state index contributed by atoms with van der Waals surface area (Å²) in [4.78, 5) is 4.28. The number of anilines is 1. The molecule has 0 radical (unpaired) electrons. The molecule has 1 N–H and O–H groups in total. The topological polar surface area (TPSA) is 68.0 Å². The van der Waals surface area contributed by atoms with E-state index in [0.717, 1.165) is 27.8 Å². The van der Waals surface area contributed by atoms with Crippen LogP contribution in [0.25, 0.3) is 27.8 Å². The predicted octanol–water partition coefficient (Wildman–Crippen LogP) is 4.44. The first-order valence-corrected chi connectivity index (χ1v) is 9.22. The summed E-state index contributed by atoms with van der Waals surface area (Å²) in [6.45, 7) is 0. The van der Waals surface area contributed by atoms with Crippen molar-refractivity contribution in [3.63, 3.8) is 0 Å².